The Morgan fingerprint density at radius 3 is 2.96 bits per heavy atom. The second-order valence-corrected chi connectivity index (χ2v) is 8.69. The first-order valence-electron chi connectivity index (χ1n) is 9.57. The lowest BCUT2D eigenvalue weighted by Crippen LogP contribution is -2.50. The number of thioether (sulfide) groups is 1. The van der Waals surface area contributed by atoms with Crippen LogP contribution in [-0.4, -0.2) is 22.0 Å². The fourth-order valence-corrected chi connectivity index (χ4v) is 5.80. The molecule has 2 aliphatic heterocycles. The number of hydrogen-bond donors (Lipinski definition) is 1. The van der Waals surface area contributed by atoms with Crippen LogP contribution in [0.5, 0.6) is 5.75 Å². The van der Waals surface area contributed by atoms with Gasteiger partial charge in [0.15, 0.2) is 5.17 Å². The van der Waals surface area contributed by atoms with Gasteiger partial charge in [-0.1, -0.05) is 24.2 Å². The summed E-state index contributed by atoms with van der Waals surface area (Å²) in [6.07, 6.45) is 7.14. The standard InChI is InChI=1S/C21H22FN3OS/c22-19-14(4-3-10-24-19)13-7-8-18-16(12-13)21(9-11-27-20(23)25-21)15-5-1-2-6-17(15)26-18/h3-4,7-8,10,12,15,17H,1-2,5-6,9,11H2,(H2,23,25)/t15-,17?,21+/m1/s1. The zero-order valence-corrected chi connectivity index (χ0v) is 15.8. The van der Waals surface area contributed by atoms with Crippen LogP contribution in [0.15, 0.2) is 41.5 Å². The molecule has 0 radical (unpaired) electrons. The Kier molecular flexibility index (Phi) is 4.11. The van der Waals surface area contributed by atoms with E-state index in [0.29, 0.717) is 16.6 Å². The summed E-state index contributed by atoms with van der Waals surface area (Å²) < 4.78 is 20.7. The summed E-state index contributed by atoms with van der Waals surface area (Å²) >= 11 is 1.62. The van der Waals surface area contributed by atoms with Crippen LogP contribution in [0, 0.1) is 11.9 Å². The summed E-state index contributed by atoms with van der Waals surface area (Å²) in [7, 11) is 0. The molecular formula is C21H22FN3OS. The monoisotopic (exact) mass is 383 g/mol. The molecule has 3 aliphatic rings. The van der Waals surface area contributed by atoms with Crippen LogP contribution >= 0.6 is 11.8 Å². The number of fused-ring (bicyclic) bond motifs is 4. The first-order valence-corrected chi connectivity index (χ1v) is 10.6. The first-order chi connectivity index (χ1) is 13.2. The number of aliphatic imine (C=N–C) groups is 1. The minimum absolute atomic E-state index is 0.187. The third-order valence-electron chi connectivity index (χ3n) is 6.15. The number of hydrogen-bond acceptors (Lipinski definition) is 5. The number of nitrogens with zero attached hydrogens (tertiary/aromatic N) is 2. The average Bonchev–Trinajstić information content (AvgIpc) is 2.69. The Morgan fingerprint density at radius 1 is 1.22 bits per heavy atom. The smallest absolute Gasteiger partial charge is 0.220 e. The van der Waals surface area contributed by atoms with Gasteiger partial charge in [0, 0.05) is 29.0 Å². The van der Waals surface area contributed by atoms with Gasteiger partial charge in [-0.05, 0) is 55.5 Å². The van der Waals surface area contributed by atoms with Crippen LogP contribution in [-0.2, 0) is 5.54 Å². The van der Waals surface area contributed by atoms with E-state index in [9.17, 15) is 4.39 Å². The molecule has 1 unspecified atom stereocenters. The van der Waals surface area contributed by atoms with Crippen molar-refractivity contribution in [3.8, 4) is 16.9 Å². The molecule has 3 heterocycles. The average molecular weight is 383 g/mol. The quantitative estimate of drug-likeness (QED) is 0.737. The minimum atomic E-state index is -0.457. The van der Waals surface area contributed by atoms with Gasteiger partial charge in [0.1, 0.15) is 11.9 Å². The summed E-state index contributed by atoms with van der Waals surface area (Å²) in [4.78, 5) is 8.82. The number of aromatic nitrogens is 1. The lowest BCUT2D eigenvalue weighted by molar-refractivity contribution is 0.0158. The molecule has 4 nitrogen and oxygen atoms in total. The fraction of sp³-hybridized carbons (Fsp3) is 0.429. The third-order valence-corrected chi connectivity index (χ3v) is 6.95. The van der Waals surface area contributed by atoms with Gasteiger partial charge >= 0.3 is 0 Å². The lowest BCUT2D eigenvalue weighted by atomic mass is 9.66. The van der Waals surface area contributed by atoms with E-state index in [1.54, 1.807) is 23.9 Å². The molecule has 1 aliphatic carbocycles. The fourth-order valence-electron chi connectivity index (χ4n) is 4.95. The summed E-state index contributed by atoms with van der Waals surface area (Å²) in [5, 5.41) is 0.649. The molecule has 1 fully saturated rings. The summed E-state index contributed by atoms with van der Waals surface area (Å²) in [6, 6.07) is 9.46. The summed E-state index contributed by atoms with van der Waals surface area (Å²) in [5.74, 6) is 1.69. The lowest BCUT2D eigenvalue weighted by Gasteiger charge is -2.50. The maximum atomic E-state index is 14.3. The Labute approximate surface area is 162 Å². The van der Waals surface area contributed by atoms with Gasteiger partial charge in [-0.15, -0.1) is 0 Å². The number of amidine groups is 1. The SMILES string of the molecule is NC1=N[C@]2(CCS1)c1cc(-c3cccnc3F)ccc1OC1CCCC[C@H]12. The largest absolute Gasteiger partial charge is 0.490 e. The zero-order valence-electron chi connectivity index (χ0n) is 15.0. The van der Waals surface area contributed by atoms with Crippen molar-refractivity contribution in [1.29, 1.82) is 0 Å². The van der Waals surface area contributed by atoms with Crippen LogP contribution in [0.2, 0.25) is 0 Å². The van der Waals surface area contributed by atoms with E-state index in [1.807, 2.05) is 18.2 Å². The molecule has 0 amide bonds. The van der Waals surface area contributed by atoms with Crippen molar-refractivity contribution in [3.63, 3.8) is 0 Å². The topological polar surface area (TPSA) is 60.5 Å². The van der Waals surface area contributed by atoms with Gasteiger partial charge in [-0.3, -0.25) is 4.99 Å². The van der Waals surface area contributed by atoms with Gasteiger partial charge < -0.3 is 10.5 Å². The third kappa shape index (κ3) is 2.73. The highest BCUT2D eigenvalue weighted by atomic mass is 32.2. The molecule has 0 bridgehead atoms. The molecule has 2 N–H and O–H groups in total. The van der Waals surface area contributed by atoms with Crippen molar-refractivity contribution in [2.75, 3.05) is 5.75 Å². The van der Waals surface area contributed by atoms with Crippen molar-refractivity contribution in [2.45, 2.75) is 43.7 Å². The predicted octanol–water partition coefficient (Wildman–Crippen LogP) is 4.49. The zero-order chi connectivity index (χ0) is 18.4. The Hall–Kier alpha value is -2.08. The Morgan fingerprint density at radius 2 is 2.11 bits per heavy atom. The number of nitrogens with two attached hydrogens (primary N) is 1. The molecule has 5 rings (SSSR count). The minimum Gasteiger partial charge on any atom is -0.490 e. The number of rotatable bonds is 1. The predicted molar refractivity (Wildman–Crippen MR) is 106 cm³/mol. The molecule has 3 atom stereocenters. The first kappa shape index (κ1) is 17.0. The van der Waals surface area contributed by atoms with Gasteiger partial charge in [-0.2, -0.15) is 4.39 Å². The van der Waals surface area contributed by atoms with Crippen LogP contribution in [0.25, 0.3) is 11.1 Å². The van der Waals surface area contributed by atoms with Gasteiger partial charge in [0.2, 0.25) is 5.95 Å². The molecule has 1 aromatic carbocycles. The Balaban J connectivity index is 1.70. The molecule has 1 aromatic heterocycles. The van der Waals surface area contributed by atoms with E-state index < -0.39 is 5.95 Å². The normalized spacial score (nSPS) is 29.4. The molecular weight excluding hydrogens is 361 g/mol. The second-order valence-electron chi connectivity index (χ2n) is 7.57. The van der Waals surface area contributed by atoms with Crippen LogP contribution in [0.4, 0.5) is 4.39 Å². The van der Waals surface area contributed by atoms with E-state index >= 15 is 0 Å². The van der Waals surface area contributed by atoms with E-state index in [2.05, 4.69) is 4.98 Å². The molecule has 27 heavy (non-hydrogen) atoms. The van der Waals surface area contributed by atoms with Crippen molar-refractivity contribution in [1.82, 2.24) is 4.98 Å². The van der Waals surface area contributed by atoms with E-state index in [-0.39, 0.29) is 11.6 Å². The number of pyridine rings is 1. The highest BCUT2D eigenvalue weighted by molar-refractivity contribution is 8.13. The van der Waals surface area contributed by atoms with Gasteiger partial charge in [0.05, 0.1) is 5.54 Å². The molecule has 2 aromatic rings. The number of benzene rings is 1. The molecule has 6 heteroatoms. The van der Waals surface area contributed by atoms with Gasteiger partial charge in [0.25, 0.3) is 0 Å². The number of halogens is 1. The highest BCUT2D eigenvalue weighted by Gasteiger charge is 2.51. The molecule has 140 valence electrons. The van der Waals surface area contributed by atoms with Crippen molar-refractivity contribution >= 4 is 16.9 Å². The maximum absolute atomic E-state index is 14.3. The Bertz CT molecular complexity index is 918. The van der Waals surface area contributed by atoms with E-state index in [0.717, 1.165) is 41.9 Å². The van der Waals surface area contributed by atoms with Crippen LogP contribution < -0.4 is 10.5 Å². The van der Waals surface area contributed by atoms with Crippen molar-refractivity contribution in [3.05, 3.63) is 48.0 Å². The van der Waals surface area contributed by atoms with Crippen LogP contribution in [0.3, 0.4) is 0 Å². The summed E-state index contributed by atoms with van der Waals surface area (Å²) in [5.41, 5.74) is 8.20. The van der Waals surface area contributed by atoms with Gasteiger partial charge in [-0.25, -0.2) is 4.98 Å². The molecule has 0 saturated heterocycles. The second kappa shape index (κ2) is 6.51. The van der Waals surface area contributed by atoms with Crippen molar-refractivity contribution < 1.29 is 9.13 Å². The molecule has 1 spiro atoms. The number of ether oxygens (including phenoxy) is 1. The van der Waals surface area contributed by atoms with E-state index in [4.69, 9.17) is 15.5 Å². The van der Waals surface area contributed by atoms with E-state index in [1.165, 1.54) is 19.0 Å². The molecule has 1 saturated carbocycles. The maximum Gasteiger partial charge on any atom is 0.220 e. The van der Waals surface area contributed by atoms with Crippen molar-refractivity contribution in [2.24, 2.45) is 16.6 Å². The summed E-state index contributed by atoms with van der Waals surface area (Å²) in [6.45, 7) is 0. The highest BCUT2D eigenvalue weighted by Crippen LogP contribution is 2.54. The van der Waals surface area contributed by atoms with Crippen LogP contribution in [0.1, 0.15) is 37.7 Å².